The molecular formula is C15H20BrNO2. The highest BCUT2D eigenvalue weighted by atomic mass is 79.9. The van der Waals surface area contributed by atoms with E-state index in [0.717, 1.165) is 42.3 Å². The zero-order valence-electron chi connectivity index (χ0n) is 11.2. The van der Waals surface area contributed by atoms with Gasteiger partial charge in [0.05, 0.1) is 5.92 Å². The van der Waals surface area contributed by atoms with Crippen LogP contribution in [0.5, 0.6) is 0 Å². The Labute approximate surface area is 122 Å². The van der Waals surface area contributed by atoms with Crippen molar-refractivity contribution in [3.63, 3.8) is 0 Å². The number of carboxylic acid groups (broad SMARTS) is 1. The first-order valence-electron chi connectivity index (χ1n) is 6.93. The number of hydrogen-bond donors (Lipinski definition) is 1. The maximum atomic E-state index is 11.4. The summed E-state index contributed by atoms with van der Waals surface area (Å²) in [6.45, 7) is 2.20. The van der Waals surface area contributed by atoms with Crippen LogP contribution in [0.2, 0.25) is 0 Å². The summed E-state index contributed by atoms with van der Waals surface area (Å²) in [6, 6.07) is 3.96. The summed E-state index contributed by atoms with van der Waals surface area (Å²) in [5.74, 6) is 0.0610. The van der Waals surface area contributed by atoms with E-state index in [1.807, 2.05) is 12.1 Å². The van der Waals surface area contributed by atoms with Crippen LogP contribution in [0.1, 0.15) is 38.3 Å². The van der Waals surface area contributed by atoms with E-state index in [-0.39, 0.29) is 11.8 Å². The molecule has 3 unspecified atom stereocenters. The van der Waals surface area contributed by atoms with Crippen molar-refractivity contribution in [2.24, 2.45) is 17.8 Å². The number of halogens is 1. The van der Waals surface area contributed by atoms with Crippen LogP contribution in [-0.4, -0.2) is 16.1 Å². The smallest absolute Gasteiger partial charge is 0.306 e. The summed E-state index contributed by atoms with van der Waals surface area (Å²) in [5.41, 5.74) is 0.996. The highest BCUT2D eigenvalue weighted by Crippen LogP contribution is 2.37. The van der Waals surface area contributed by atoms with Crippen LogP contribution in [-0.2, 0) is 11.2 Å². The van der Waals surface area contributed by atoms with Crippen LogP contribution >= 0.6 is 15.9 Å². The number of pyridine rings is 1. The Hall–Kier alpha value is -0.900. The number of aromatic nitrogens is 1. The van der Waals surface area contributed by atoms with Gasteiger partial charge in [-0.15, -0.1) is 0 Å². The van der Waals surface area contributed by atoms with Crippen LogP contribution in [0.15, 0.2) is 22.8 Å². The molecule has 1 heterocycles. The highest BCUT2D eigenvalue weighted by Gasteiger charge is 2.34. The van der Waals surface area contributed by atoms with Crippen LogP contribution in [0.3, 0.4) is 0 Å². The van der Waals surface area contributed by atoms with Gasteiger partial charge in [0.25, 0.3) is 0 Å². The van der Waals surface area contributed by atoms with E-state index in [0.29, 0.717) is 5.92 Å². The van der Waals surface area contributed by atoms with Gasteiger partial charge in [-0.25, -0.2) is 0 Å². The number of carboxylic acids is 1. The average Bonchev–Trinajstić information content (AvgIpc) is 2.41. The fraction of sp³-hybridized carbons (Fsp3) is 0.600. The normalized spacial score (nSPS) is 27.2. The Morgan fingerprint density at radius 3 is 2.84 bits per heavy atom. The third-order valence-corrected chi connectivity index (χ3v) is 4.71. The molecule has 1 aromatic heterocycles. The van der Waals surface area contributed by atoms with Crippen molar-refractivity contribution >= 4 is 21.9 Å². The van der Waals surface area contributed by atoms with Crippen molar-refractivity contribution in [2.45, 2.75) is 39.0 Å². The fourth-order valence-electron chi connectivity index (χ4n) is 3.08. The maximum absolute atomic E-state index is 11.4. The molecule has 0 aliphatic heterocycles. The number of aliphatic carboxylic acids is 1. The van der Waals surface area contributed by atoms with E-state index < -0.39 is 5.97 Å². The minimum absolute atomic E-state index is 0.201. The molecule has 0 saturated heterocycles. The first kappa shape index (κ1) is 14.5. The zero-order valence-corrected chi connectivity index (χ0v) is 12.8. The van der Waals surface area contributed by atoms with E-state index in [4.69, 9.17) is 0 Å². The second-order valence-corrected chi connectivity index (χ2v) is 6.38. The molecule has 19 heavy (non-hydrogen) atoms. The van der Waals surface area contributed by atoms with Gasteiger partial charge in [0.2, 0.25) is 0 Å². The van der Waals surface area contributed by atoms with Gasteiger partial charge in [0.15, 0.2) is 0 Å². The average molecular weight is 326 g/mol. The van der Waals surface area contributed by atoms with Crippen LogP contribution in [0.4, 0.5) is 0 Å². The first-order chi connectivity index (χ1) is 9.10. The van der Waals surface area contributed by atoms with E-state index in [1.165, 1.54) is 0 Å². The molecule has 0 amide bonds. The SMILES string of the molecule is CCC1CCC(C(=O)O)C(Cc2ccc(Br)cn2)C1. The van der Waals surface area contributed by atoms with Gasteiger partial charge >= 0.3 is 5.97 Å². The third kappa shape index (κ3) is 3.78. The van der Waals surface area contributed by atoms with Crippen molar-refractivity contribution in [3.05, 3.63) is 28.5 Å². The largest absolute Gasteiger partial charge is 0.481 e. The topological polar surface area (TPSA) is 50.2 Å². The quantitative estimate of drug-likeness (QED) is 0.912. The van der Waals surface area contributed by atoms with Gasteiger partial charge < -0.3 is 5.11 Å². The minimum Gasteiger partial charge on any atom is -0.481 e. The summed E-state index contributed by atoms with van der Waals surface area (Å²) in [4.78, 5) is 15.8. The third-order valence-electron chi connectivity index (χ3n) is 4.25. The molecule has 1 aromatic rings. The Morgan fingerprint density at radius 2 is 2.26 bits per heavy atom. The van der Waals surface area contributed by atoms with Crippen LogP contribution in [0, 0.1) is 17.8 Å². The fourth-order valence-corrected chi connectivity index (χ4v) is 3.31. The molecule has 1 aliphatic rings. The summed E-state index contributed by atoms with van der Waals surface area (Å²) >= 11 is 3.37. The molecule has 0 radical (unpaired) electrons. The van der Waals surface area contributed by atoms with Gasteiger partial charge in [-0.05, 0) is 65.6 Å². The minimum atomic E-state index is -0.642. The first-order valence-corrected chi connectivity index (χ1v) is 7.72. The number of rotatable bonds is 4. The molecular weight excluding hydrogens is 306 g/mol. The van der Waals surface area contributed by atoms with E-state index >= 15 is 0 Å². The number of nitrogens with zero attached hydrogens (tertiary/aromatic N) is 1. The Balaban J connectivity index is 2.08. The predicted octanol–water partition coefficient (Wildman–Crippen LogP) is 3.91. The summed E-state index contributed by atoms with van der Waals surface area (Å²) in [7, 11) is 0. The number of hydrogen-bond acceptors (Lipinski definition) is 2. The second-order valence-electron chi connectivity index (χ2n) is 5.46. The standard InChI is InChI=1S/C15H20BrNO2/c1-2-10-3-6-14(15(18)19)11(7-10)8-13-5-4-12(16)9-17-13/h4-5,9-11,14H,2-3,6-8H2,1H3,(H,18,19). The van der Waals surface area contributed by atoms with E-state index in [9.17, 15) is 9.90 Å². The Kier molecular flexibility index (Phi) is 4.97. The molecule has 0 spiro atoms. The van der Waals surface area contributed by atoms with Crippen molar-refractivity contribution in [3.8, 4) is 0 Å². The van der Waals surface area contributed by atoms with Crippen LogP contribution in [0.25, 0.3) is 0 Å². The van der Waals surface area contributed by atoms with Gasteiger partial charge in [-0.1, -0.05) is 13.3 Å². The Bertz CT molecular complexity index is 432. The van der Waals surface area contributed by atoms with E-state index in [2.05, 4.69) is 27.8 Å². The lowest BCUT2D eigenvalue weighted by Gasteiger charge is -2.33. The summed E-state index contributed by atoms with van der Waals surface area (Å²) in [5, 5.41) is 9.36. The van der Waals surface area contributed by atoms with Crippen molar-refractivity contribution in [1.29, 1.82) is 0 Å². The molecule has 0 aromatic carbocycles. The number of carbonyl (C=O) groups is 1. The lowest BCUT2D eigenvalue weighted by molar-refractivity contribution is -0.145. The molecule has 104 valence electrons. The molecule has 3 atom stereocenters. The summed E-state index contributed by atoms with van der Waals surface area (Å²) < 4.78 is 0.959. The molecule has 3 nitrogen and oxygen atoms in total. The molecule has 0 bridgehead atoms. The lowest BCUT2D eigenvalue weighted by Crippen LogP contribution is -2.32. The molecule has 1 aliphatic carbocycles. The van der Waals surface area contributed by atoms with Gasteiger partial charge in [-0.3, -0.25) is 9.78 Å². The highest BCUT2D eigenvalue weighted by molar-refractivity contribution is 9.10. The van der Waals surface area contributed by atoms with Crippen LogP contribution < -0.4 is 0 Å². The molecule has 1 N–H and O–H groups in total. The van der Waals surface area contributed by atoms with Crippen molar-refractivity contribution < 1.29 is 9.90 Å². The predicted molar refractivity (Wildman–Crippen MR) is 77.9 cm³/mol. The molecule has 1 fully saturated rings. The van der Waals surface area contributed by atoms with E-state index in [1.54, 1.807) is 6.20 Å². The Morgan fingerprint density at radius 1 is 1.47 bits per heavy atom. The zero-order chi connectivity index (χ0) is 13.8. The van der Waals surface area contributed by atoms with Crippen molar-refractivity contribution in [1.82, 2.24) is 4.98 Å². The van der Waals surface area contributed by atoms with Gasteiger partial charge in [0.1, 0.15) is 0 Å². The lowest BCUT2D eigenvalue weighted by atomic mass is 9.71. The monoisotopic (exact) mass is 325 g/mol. The molecule has 4 heteroatoms. The maximum Gasteiger partial charge on any atom is 0.306 e. The summed E-state index contributed by atoms with van der Waals surface area (Å²) in [6.07, 6.45) is 6.60. The molecule has 2 rings (SSSR count). The molecule has 1 saturated carbocycles. The van der Waals surface area contributed by atoms with Gasteiger partial charge in [-0.2, -0.15) is 0 Å². The second kappa shape index (κ2) is 6.51. The van der Waals surface area contributed by atoms with Crippen molar-refractivity contribution in [2.75, 3.05) is 0 Å². The van der Waals surface area contributed by atoms with Gasteiger partial charge in [0, 0.05) is 16.4 Å².